The fourth-order valence-electron chi connectivity index (χ4n) is 1.56. The summed E-state index contributed by atoms with van der Waals surface area (Å²) in [5.41, 5.74) is 0.338. The molecule has 0 fully saturated rings. The summed E-state index contributed by atoms with van der Waals surface area (Å²) in [6, 6.07) is 0. The van der Waals surface area contributed by atoms with E-state index in [4.69, 9.17) is 4.74 Å². The van der Waals surface area contributed by atoms with Gasteiger partial charge < -0.3 is 15.4 Å². The highest BCUT2D eigenvalue weighted by molar-refractivity contribution is 5.91. The lowest BCUT2D eigenvalue weighted by Gasteiger charge is -2.08. The smallest absolute Gasteiger partial charge is 0.271 e. The molecule has 0 atom stereocenters. The number of carbonyl (C=O) groups is 1. The predicted octanol–water partition coefficient (Wildman–Crippen LogP) is 1.84. The van der Waals surface area contributed by atoms with Crippen LogP contribution in [0.25, 0.3) is 0 Å². The van der Waals surface area contributed by atoms with Gasteiger partial charge in [-0.15, -0.1) is 0 Å². The highest BCUT2D eigenvalue weighted by Crippen LogP contribution is 2.00. The predicted molar refractivity (Wildman–Crippen MR) is 78.9 cm³/mol. The standard InChI is InChI=1S/C14H24N4O2/c1-4-15-13-10-17-12(9-18-13)14(19)16-7-5-6-8-20-11(2)3/h9-11H,4-8H2,1-3H3,(H,15,18)(H,16,19). The summed E-state index contributed by atoms with van der Waals surface area (Å²) in [7, 11) is 0. The van der Waals surface area contributed by atoms with Crippen molar-refractivity contribution >= 4 is 11.7 Å². The van der Waals surface area contributed by atoms with E-state index >= 15 is 0 Å². The molecule has 0 aliphatic rings. The molecule has 0 aliphatic carbocycles. The van der Waals surface area contributed by atoms with Crippen LogP contribution in [0.2, 0.25) is 0 Å². The zero-order chi connectivity index (χ0) is 14.8. The minimum absolute atomic E-state index is 0.190. The molecule has 1 aromatic heterocycles. The van der Waals surface area contributed by atoms with E-state index in [-0.39, 0.29) is 12.0 Å². The zero-order valence-electron chi connectivity index (χ0n) is 12.5. The largest absolute Gasteiger partial charge is 0.379 e. The molecule has 0 aromatic carbocycles. The Hall–Kier alpha value is -1.69. The van der Waals surface area contributed by atoms with Gasteiger partial charge in [0.15, 0.2) is 0 Å². The van der Waals surface area contributed by atoms with E-state index in [0.29, 0.717) is 18.1 Å². The highest BCUT2D eigenvalue weighted by atomic mass is 16.5. The van der Waals surface area contributed by atoms with Gasteiger partial charge in [-0.2, -0.15) is 0 Å². The molecular weight excluding hydrogens is 256 g/mol. The number of amides is 1. The molecule has 0 saturated carbocycles. The molecule has 0 unspecified atom stereocenters. The third kappa shape index (κ3) is 6.47. The van der Waals surface area contributed by atoms with Crippen LogP contribution in [-0.2, 0) is 4.74 Å². The van der Waals surface area contributed by atoms with Crippen LogP contribution in [0, 0.1) is 0 Å². The molecule has 6 nitrogen and oxygen atoms in total. The summed E-state index contributed by atoms with van der Waals surface area (Å²) in [4.78, 5) is 20.0. The van der Waals surface area contributed by atoms with Crippen LogP contribution < -0.4 is 10.6 Å². The van der Waals surface area contributed by atoms with Crippen molar-refractivity contribution in [3.8, 4) is 0 Å². The van der Waals surface area contributed by atoms with Gasteiger partial charge in [0.05, 0.1) is 18.5 Å². The molecular formula is C14H24N4O2. The minimum Gasteiger partial charge on any atom is -0.379 e. The normalized spacial score (nSPS) is 10.6. The second kappa shape index (κ2) is 9.25. The Bertz CT molecular complexity index is 393. The van der Waals surface area contributed by atoms with Crippen molar-refractivity contribution in [1.82, 2.24) is 15.3 Å². The van der Waals surface area contributed by atoms with Gasteiger partial charge in [0, 0.05) is 19.7 Å². The molecule has 0 aliphatic heterocycles. The first-order valence-electron chi connectivity index (χ1n) is 7.09. The minimum atomic E-state index is -0.190. The van der Waals surface area contributed by atoms with Gasteiger partial charge >= 0.3 is 0 Å². The summed E-state index contributed by atoms with van der Waals surface area (Å²) in [6.07, 6.45) is 5.13. The van der Waals surface area contributed by atoms with Crippen LogP contribution in [0.15, 0.2) is 12.4 Å². The lowest BCUT2D eigenvalue weighted by Crippen LogP contribution is -2.25. The topological polar surface area (TPSA) is 76.1 Å². The van der Waals surface area contributed by atoms with Crippen LogP contribution >= 0.6 is 0 Å². The Morgan fingerprint density at radius 1 is 1.30 bits per heavy atom. The van der Waals surface area contributed by atoms with Gasteiger partial charge in [-0.3, -0.25) is 4.79 Å². The average molecular weight is 280 g/mol. The maximum Gasteiger partial charge on any atom is 0.271 e. The van der Waals surface area contributed by atoms with Crippen LogP contribution in [0.4, 0.5) is 5.82 Å². The second-order valence-corrected chi connectivity index (χ2v) is 4.70. The number of nitrogens with one attached hydrogen (secondary N) is 2. The molecule has 1 aromatic rings. The lowest BCUT2D eigenvalue weighted by molar-refractivity contribution is 0.0754. The Morgan fingerprint density at radius 2 is 2.10 bits per heavy atom. The first kappa shape index (κ1) is 16.4. The van der Waals surface area contributed by atoms with E-state index in [1.165, 1.54) is 6.20 Å². The highest BCUT2D eigenvalue weighted by Gasteiger charge is 2.06. The summed E-state index contributed by atoms with van der Waals surface area (Å²) in [6.45, 7) is 8.13. The number of aromatic nitrogens is 2. The zero-order valence-corrected chi connectivity index (χ0v) is 12.5. The SMILES string of the molecule is CCNc1cnc(C(=O)NCCCCOC(C)C)cn1. The van der Waals surface area contributed by atoms with Crippen molar-refractivity contribution in [2.75, 3.05) is 25.0 Å². The molecule has 0 bridgehead atoms. The first-order valence-corrected chi connectivity index (χ1v) is 7.09. The number of anilines is 1. The molecule has 2 N–H and O–H groups in total. The van der Waals surface area contributed by atoms with Crippen LogP contribution in [0.5, 0.6) is 0 Å². The first-order chi connectivity index (χ1) is 9.63. The third-order valence-electron chi connectivity index (χ3n) is 2.55. The van der Waals surface area contributed by atoms with Gasteiger partial charge in [-0.05, 0) is 33.6 Å². The van der Waals surface area contributed by atoms with Gasteiger partial charge in [0.25, 0.3) is 5.91 Å². The average Bonchev–Trinajstić information content (AvgIpc) is 2.43. The summed E-state index contributed by atoms with van der Waals surface area (Å²) in [5.74, 6) is 0.486. The van der Waals surface area contributed by atoms with E-state index in [1.54, 1.807) is 6.20 Å². The number of rotatable bonds is 9. The number of unbranched alkanes of at least 4 members (excludes halogenated alkanes) is 1. The van der Waals surface area contributed by atoms with Gasteiger partial charge in [-0.1, -0.05) is 0 Å². The maximum atomic E-state index is 11.8. The fraction of sp³-hybridized carbons (Fsp3) is 0.643. The van der Waals surface area contributed by atoms with E-state index < -0.39 is 0 Å². The van der Waals surface area contributed by atoms with Crippen molar-refractivity contribution in [3.05, 3.63) is 18.1 Å². The summed E-state index contributed by atoms with van der Waals surface area (Å²) < 4.78 is 5.43. The number of nitrogens with zero attached hydrogens (tertiary/aromatic N) is 2. The van der Waals surface area contributed by atoms with Crippen LogP contribution in [0.3, 0.4) is 0 Å². The van der Waals surface area contributed by atoms with E-state index in [0.717, 1.165) is 26.0 Å². The molecule has 1 amide bonds. The Balaban J connectivity index is 2.22. The molecule has 0 saturated heterocycles. The lowest BCUT2D eigenvalue weighted by atomic mass is 10.3. The number of ether oxygens (including phenoxy) is 1. The fourth-order valence-corrected chi connectivity index (χ4v) is 1.56. The van der Waals surface area contributed by atoms with E-state index in [2.05, 4.69) is 20.6 Å². The van der Waals surface area contributed by atoms with Gasteiger partial charge in [0.2, 0.25) is 0 Å². The van der Waals surface area contributed by atoms with Crippen molar-refractivity contribution in [2.45, 2.75) is 39.7 Å². The van der Waals surface area contributed by atoms with Gasteiger partial charge in [0.1, 0.15) is 11.5 Å². The van der Waals surface area contributed by atoms with Crippen molar-refractivity contribution in [2.24, 2.45) is 0 Å². The summed E-state index contributed by atoms with van der Waals surface area (Å²) >= 11 is 0. The molecule has 112 valence electrons. The number of carbonyl (C=O) groups excluding carboxylic acids is 1. The van der Waals surface area contributed by atoms with Gasteiger partial charge in [-0.25, -0.2) is 9.97 Å². The Kier molecular flexibility index (Phi) is 7.57. The number of hydrogen-bond acceptors (Lipinski definition) is 5. The molecule has 0 radical (unpaired) electrons. The molecule has 1 rings (SSSR count). The molecule has 0 spiro atoms. The van der Waals surface area contributed by atoms with Crippen LogP contribution in [-0.4, -0.2) is 41.7 Å². The quantitative estimate of drug-likeness (QED) is 0.675. The van der Waals surface area contributed by atoms with E-state index in [9.17, 15) is 4.79 Å². The van der Waals surface area contributed by atoms with Crippen molar-refractivity contribution in [3.63, 3.8) is 0 Å². The monoisotopic (exact) mass is 280 g/mol. The van der Waals surface area contributed by atoms with Crippen molar-refractivity contribution in [1.29, 1.82) is 0 Å². The second-order valence-electron chi connectivity index (χ2n) is 4.70. The Labute approximate surface area is 120 Å². The van der Waals surface area contributed by atoms with E-state index in [1.807, 2.05) is 20.8 Å². The van der Waals surface area contributed by atoms with Crippen LogP contribution in [0.1, 0.15) is 44.1 Å². The molecule has 6 heteroatoms. The molecule has 20 heavy (non-hydrogen) atoms. The Morgan fingerprint density at radius 3 is 2.70 bits per heavy atom. The summed E-state index contributed by atoms with van der Waals surface area (Å²) in [5, 5.41) is 5.85. The third-order valence-corrected chi connectivity index (χ3v) is 2.55. The maximum absolute atomic E-state index is 11.8. The van der Waals surface area contributed by atoms with Crippen molar-refractivity contribution < 1.29 is 9.53 Å². The number of hydrogen-bond donors (Lipinski definition) is 2. The molecule has 1 heterocycles.